The van der Waals surface area contributed by atoms with Gasteiger partial charge in [0.05, 0.1) is 11.3 Å². The van der Waals surface area contributed by atoms with Crippen LogP contribution in [0.3, 0.4) is 0 Å². The van der Waals surface area contributed by atoms with Crippen LogP contribution in [0.25, 0.3) is 5.69 Å². The maximum atomic E-state index is 11.9. The summed E-state index contributed by atoms with van der Waals surface area (Å²) in [4.78, 5) is 15.9. The average molecular weight is 210 g/mol. The van der Waals surface area contributed by atoms with Gasteiger partial charge in [-0.15, -0.1) is 0 Å². The van der Waals surface area contributed by atoms with Crippen LogP contribution in [-0.4, -0.2) is 15.3 Å². The number of hydrogen-bond donors (Lipinski definition) is 1. The fraction of sp³-hybridized carbons (Fsp3) is 0. The zero-order valence-electron chi connectivity index (χ0n) is 8.14. The first-order valence-electron chi connectivity index (χ1n) is 4.66. The Balaban J connectivity index is 2.41. The fourth-order valence-electron chi connectivity index (χ4n) is 1.89. The van der Waals surface area contributed by atoms with E-state index in [1.54, 1.807) is 18.2 Å². The Kier molecular flexibility index (Phi) is 1.47. The van der Waals surface area contributed by atoms with Crippen molar-refractivity contribution in [3.05, 3.63) is 41.3 Å². The van der Waals surface area contributed by atoms with Crippen molar-refractivity contribution in [3.63, 3.8) is 0 Å². The highest BCUT2D eigenvalue weighted by atomic mass is 16.1. The molecule has 0 amide bonds. The van der Waals surface area contributed by atoms with Crippen molar-refractivity contribution in [2.45, 2.75) is 0 Å². The molecule has 3 rings (SSSR count). The minimum Gasteiger partial charge on any atom is -0.382 e. The first kappa shape index (κ1) is 8.68. The maximum Gasteiger partial charge on any atom is 0.231 e. The molecule has 1 aliphatic heterocycles. The monoisotopic (exact) mass is 210 g/mol. The molecule has 5 nitrogen and oxygen atoms in total. The van der Waals surface area contributed by atoms with E-state index < -0.39 is 0 Å². The largest absolute Gasteiger partial charge is 0.382 e. The third kappa shape index (κ3) is 0.834. The van der Waals surface area contributed by atoms with Gasteiger partial charge < -0.3 is 5.73 Å². The van der Waals surface area contributed by atoms with E-state index in [2.05, 4.69) is 4.98 Å². The molecule has 0 aliphatic carbocycles. The highest BCUT2D eigenvalue weighted by Gasteiger charge is 2.31. The smallest absolute Gasteiger partial charge is 0.231 e. The molecule has 16 heavy (non-hydrogen) atoms. The van der Waals surface area contributed by atoms with Gasteiger partial charge in [-0.1, -0.05) is 12.1 Å². The Hall–Kier alpha value is -2.61. The molecule has 0 radical (unpaired) electrons. The molecule has 76 valence electrons. The Morgan fingerprint density at radius 3 is 2.88 bits per heavy atom. The van der Waals surface area contributed by atoms with Gasteiger partial charge in [-0.25, -0.2) is 4.98 Å². The number of hydrogen-bond acceptors (Lipinski definition) is 4. The normalized spacial score (nSPS) is 12.1. The molecule has 0 saturated carbocycles. The number of anilines is 1. The molecule has 1 aliphatic rings. The van der Waals surface area contributed by atoms with Gasteiger partial charge in [0, 0.05) is 0 Å². The van der Waals surface area contributed by atoms with E-state index in [4.69, 9.17) is 11.0 Å². The number of carbonyl (C=O) groups excluding carboxylic acids is 1. The summed E-state index contributed by atoms with van der Waals surface area (Å²) in [7, 11) is 0. The number of ketones is 1. The highest BCUT2D eigenvalue weighted by molar-refractivity contribution is 6.13. The quantitative estimate of drug-likeness (QED) is 0.596. The fourth-order valence-corrected chi connectivity index (χ4v) is 1.89. The Morgan fingerprint density at radius 2 is 2.12 bits per heavy atom. The molecule has 0 unspecified atom stereocenters. The summed E-state index contributed by atoms with van der Waals surface area (Å²) in [5.41, 5.74) is 7.12. The van der Waals surface area contributed by atoms with Crippen molar-refractivity contribution in [3.8, 4) is 11.8 Å². The summed E-state index contributed by atoms with van der Waals surface area (Å²) in [6.45, 7) is 0. The molecule has 0 atom stereocenters. The van der Waals surface area contributed by atoms with Crippen LogP contribution in [0.15, 0.2) is 24.3 Å². The van der Waals surface area contributed by atoms with Crippen molar-refractivity contribution in [2.75, 3.05) is 5.73 Å². The third-order valence-corrected chi connectivity index (χ3v) is 2.61. The van der Waals surface area contributed by atoms with Crippen LogP contribution in [0.4, 0.5) is 5.82 Å². The van der Waals surface area contributed by atoms with Crippen LogP contribution in [0.1, 0.15) is 21.9 Å². The number of carbonyl (C=O) groups is 1. The number of nitriles is 1. The number of nitrogens with two attached hydrogens (primary N) is 1. The summed E-state index contributed by atoms with van der Waals surface area (Å²) < 4.78 is 1.52. The van der Waals surface area contributed by atoms with E-state index in [1.807, 2.05) is 12.1 Å². The number of aromatic nitrogens is 2. The van der Waals surface area contributed by atoms with Crippen LogP contribution >= 0.6 is 0 Å². The predicted octanol–water partition coefficient (Wildman–Crippen LogP) is 0.871. The predicted molar refractivity (Wildman–Crippen MR) is 56.1 cm³/mol. The molecule has 1 aromatic heterocycles. The Labute approximate surface area is 90.7 Å². The summed E-state index contributed by atoms with van der Waals surface area (Å²) in [5, 5.41) is 8.79. The number of nitrogen functional groups attached to an aromatic ring is 1. The number of para-hydroxylation sites is 1. The molecule has 2 heterocycles. The van der Waals surface area contributed by atoms with E-state index in [0.717, 1.165) is 0 Å². The van der Waals surface area contributed by atoms with Crippen molar-refractivity contribution >= 4 is 11.6 Å². The van der Waals surface area contributed by atoms with E-state index >= 15 is 0 Å². The van der Waals surface area contributed by atoms with Gasteiger partial charge in [0.2, 0.25) is 5.78 Å². The van der Waals surface area contributed by atoms with Crippen LogP contribution in [-0.2, 0) is 0 Å². The topological polar surface area (TPSA) is 84.7 Å². The Morgan fingerprint density at radius 1 is 1.38 bits per heavy atom. The second-order valence-corrected chi connectivity index (χ2v) is 3.46. The maximum absolute atomic E-state index is 11.9. The number of rotatable bonds is 0. The van der Waals surface area contributed by atoms with Crippen molar-refractivity contribution in [1.29, 1.82) is 5.26 Å². The lowest BCUT2D eigenvalue weighted by Crippen LogP contribution is -1.99. The molecule has 2 N–H and O–H groups in total. The van der Waals surface area contributed by atoms with Gasteiger partial charge in [0.15, 0.2) is 11.5 Å². The van der Waals surface area contributed by atoms with E-state index in [9.17, 15) is 4.79 Å². The molecule has 5 heteroatoms. The van der Waals surface area contributed by atoms with Crippen molar-refractivity contribution in [2.24, 2.45) is 0 Å². The summed E-state index contributed by atoms with van der Waals surface area (Å²) >= 11 is 0. The van der Waals surface area contributed by atoms with Crippen molar-refractivity contribution < 1.29 is 4.79 Å². The molecule has 0 bridgehead atoms. The third-order valence-electron chi connectivity index (χ3n) is 2.61. The minimum atomic E-state index is -0.191. The standard InChI is InChI=1S/C11H6N4O/c12-5-7-10(13)15-8-4-2-1-3-6(8)9(16)11(15)14-7/h1-4H,13H2. The van der Waals surface area contributed by atoms with Gasteiger partial charge in [0.25, 0.3) is 0 Å². The van der Waals surface area contributed by atoms with Crippen LogP contribution in [0.5, 0.6) is 0 Å². The first-order valence-corrected chi connectivity index (χ1v) is 4.66. The zero-order chi connectivity index (χ0) is 11.3. The van der Waals surface area contributed by atoms with Gasteiger partial charge in [-0.2, -0.15) is 5.26 Å². The van der Waals surface area contributed by atoms with Crippen LogP contribution in [0, 0.1) is 11.3 Å². The van der Waals surface area contributed by atoms with Crippen molar-refractivity contribution in [1.82, 2.24) is 9.55 Å². The minimum absolute atomic E-state index is 0.0952. The van der Waals surface area contributed by atoms with Crippen LogP contribution < -0.4 is 5.73 Å². The Bertz CT molecular complexity index is 663. The highest BCUT2D eigenvalue weighted by Crippen LogP contribution is 2.31. The molecular weight excluding hydrogens is 204 g/mol. The molecule has 0 spiro atoms. The number of imidazole rings is 1. The van der Waals surface area contributed by atoms with E-state index in [1.165, 1.54) is 4.57 Å². The summed E-state index contributed by atoms with van der Waals surface area (Å²) in [6.07, 6.45) is 0. The van der Waals surface area contributed by atoms with E-state index in [0.29, 0.717) is 11.3 Å². The molecule has 0 fully saturated rings. The molecular formula is C11H6N4O. The second kappa shape index (κ2) is 2.70. The molecule has 1 aromatic carbocycles. The van der Waals surface area contributed by atoms with Gasteiger partial charge in [-0.3, -0.25) is 9.36 Å². The van der Waals surface area contributed by atoms with Gasteiger partial charge >= 0.3 is 0 Å². The average Bonchev–Trinajstić information content (AvgIpc) is 2.78. The molecule has 2 aromatic rings. The van der Waals surface area contributed by atoms with Crippen LogP contribution in [0.2, 0.25) is 0 Å². The summed E-state index contributed by atoms with van der Waals surface area (Å²) in [5.74, 6) is 0.245. The number of benzene rings is 1. The lowest BCUT2D eigenvalue weighted by atomic mass is 10.1. The van der Waals surface area contributed by atoms with Gasteiger partial charge in [0.1, 0.15) is 11.9 Å². The van der Waals surface area contributed by atoms with E-state index in [-0.39, 0.29) is 23.1 Å². The molecule has 0 saturated heterocycles. The SMILES string of the molecule is N#Cc1nc2n(c1N)-c1ccccc1C2=O. The zero-order valence-corrected chi connectivity index (χ0v) is 8.14. The second-order valence-electron chi connectivity index (χ2n) is 3.46. The number of nitrogens with zero attached hydrogens (tertiary/aromatic N) is 3. The lowest BCUT2D eigenvalue weighted by molar-refractivity contribution is 0.103. The summed E-state index contributed by atoms with van der Waals surface area (Å²) in [6, 6.07) is 8.96. The van der Waals surface area contributed by atoms with Gasteiger partial charge in [-0.05, 0) is 12.1 Å². The number of fused-ring (bicyclic) bond motifs is 3. The first-order chi connectivity index (χ1) is 7.74. The lowest BCUT2D eigenvalue weighted by Gasteiger charge is -2.01.